The lowest BCUT2D eigenvalue weighted by atomic mass is 9.92. The number of aryl methyl sites for hydroxylation is 1. The Labute approximate surface area is 196 Å². The molecule has 172 valence electrons. The standard InChI is InChI=1S/C23H25ClFN7O/c1-13-6-19(27-12-26-13)31-10-14-2-3-15(11-31)20(14)28-23-29-22-21(33-5-4-32(22)30-23)16-7-17(24)9-18(25)8-16/h6-9,12,14-15,20-21H,2-5,10-11H2,1H3,(H,28,30)/t14-,15+,20?,21-/m0/s1. The molecular formula is C23H25ClFN7O. The first-order valence-electron chi connectivity index (χ1n) is 11.4. The van der Waals surface area contributed by atoms with Gasteiger partial charge in [-0.25, -0.2) is 19.0 Å². The number of nitrogens with zero attached hydrogens (tertiary/aromatic N) is 6. The van der Waals surface area contributed by atoms with Crippen molar-refractivity contribution in [2.24, 2.45) is 11.8 Å². The van der Waals surface area contributed by atoms with E-state index in [4.69, 9.17) is 26.4 Å². The summed E-state index contributed by atoms with van der Waals surface area (Å²) in [5.74, 6) is 2.88. The number of rotatable bonds is 4. The van der Waals surface area contributed by atoms with Crippen LogP contribution in [0, 0.1) is 24.6 Å². The van der Waals surface area contributed by atoms with E-state index in [1.807, 2.05) is 11.6 Å². The Morgan fingerprint density at radius 1 is 1.12 bits per heavy atom. The fourth-order valence-electron chi connectivity index (χ4n) is 5.48. The van der Waals surface area contributed by atoms with Crippen LogP contribution in [-0.2, 0) is 11.3 Å². The molecule has 0 radical (unpaired) electrons. The number of anilines is 2. The van der Waals surface area contributed by atoms with Crippen LogP contribution in [0.25, 0.3) is 0 Å². The third-order valence-corrected chi connectivity index (χ3v) is 7.17. The highest BCUT2D eigenvalue weighted by molar-refractivity contribution is 6.30. The minimum absolute atomic E-state index is 0.316. The first kappa shape index (κ1) is 20.8. The van der Waals surface area contributed by atoms with Crippen LogP contribution < -0.4 is 10.2 Å². The van der Waals surface area contributed by atoms with Crippen molar-refractivity contribution in [3.63, 3.8) is 0 Å². The summed E-state index contributed by atoms with van der Waals surface area (Å²) in [6.07, 6.45) is 3.49. The molecule has 1 aromatic carbocycles. The Bertz CT molecular complexity index is 1150. The summed E-state index contributed by atoms with van der Waals surface area (Å²) in [6, 6.07) is 6.82. The van der Waals surface area contributed by atoms with Crippen molar-refractivity contribution >= 4 is 23.4 Å². The SMILES string of the molecule is Cc1cc(N2C[C@H]3CC[C@@H](C2)C3Nc2nc3n(n2)CCO[C@H]3c2cc(F)cc(Cl)c2)ncn1. The summed E-state index contributed by atoms with van der Waals surface area (Å²) in [6.45, 7) is 4.99. The Kier molecular flexibility index (Phi) is 5.18. The molecule has 3 aliphatic rings. The molecule has 1 saturated heterocycles. The highest BCUT2D eigenvalue weighted by Crippen LogP contribution is 2.40. The van der Waals surface area contributed by atoms with Gasteiger partial charge in [0.05, 0.1) is 13.2 Å². The lowest BCUT2D eigenvalue weighted by molar-refractivity contribution is 0.0388. The largest absolute Gasteiger partial charge is 0.364 e. The maximum absolute atomic E-state index is 13.9. The summed E-state index contributed by atoms with van der Waals surface area (Å²) >= 11 is 6.07. The summed E-state index contributed by atoms with van der Waals surface area (Å²) < 4.78 is 21.7. The number of halogens is 2. The predicted molar refractivity (Wildman–Crippen MR) is 122 cm³/mol. The number of piperidine rings is 1. The Balaban J connectivity index is 1.21. The average Bonchev–Trinajstić information content (AvgIpc) is 3.29. The lowest BCUT2D eigenvalue weighted by Gasteiger charge is -2.38. The van der Waals surface area contributed by atoms with Crippen LogP contribution in [0.15, 0.2) is 30.6 Å². The van der Waals surface area contributed by atoms with E-state index in [2.05, 4.69) is 26.3 Å². The first-order valence-corrected chi connectivity index (χ1v) is 11.7. The van der Waals surface area contributed by atoms with Crippen LogP contribution in [0.4, 0.5) is 16.2 Å². The van der Waals surface area contributed by atoms with E-state index >= 15 is 0 Å². The van der Waals surface area contributed by atoms with Crippen molar-refractivity contribution in [2.45, 2.75) is 38.5 Å². The van der Waals surface area contributed by atoms with Crippen LogP contribution in [0.5, 0.6) is 0 Å². The zero-order chi connectivity index (χ0) is 22.5. The van der Waals surface area contributed by atoms with Gasteiger partial charge in [0.2, 0.25) is 5.95 Å². The molecule has 2 aromatic heterocycles. The molecular weight excluding hydrogens is 445 g/mol. The monoisotopic (exact) mass is 469 g/mol. The van der Waals surface area contributed by atoms with Gasteiger partial charge in [-0.3, -0.25) is 0 Å². The average molecular weight is 470 g/mol. The molecule has 2 fully saturated rings. The molecule has 8 nitrogen and oxygen atoms in total. The number of nitrogens with one attached hydrogen (secondary N) is 1. The number of hydrogen-bond acceptors (Lipinski definition) is 7. The second-order valence-electron chi connectivity index (χ2n) is 9.16. The summed E-state index contributed by atoms with van der Waals surface area (Å²) in [5.41, 5.74) is 1.63. The van der Waals surface area contributed by atoms with Crippen LogP contribution in [0.1, 0.15) is 36.0 Å². The van der Waals surface area contributed by atoms with E-state index in [1.54, 1.807) is 12.4 Å². The molecule has 4 heterocycles. The second kappa shape index (κ2) is 8.22. The number of hydrogen-bond donors (Lipinski definition) is 1. The Hall–Kier alpha value is -2.78. The number of benzene rings is 1. The lowest BCUT2D eigenvalue weighted by Crippen LogP contribution is -2.48. The van der Waals surface area contributed by atoms with Crippen molar-refractivity contribution < 1.29 is 9.13 Å². The number of aromatic nitrogens is 5. The molecule has 4 atom stereocenters. The van der Waals surface area contributed by atoms with Gasteiger partial charge >= 0.3 is 0 Å². The molecule has 33 heavy (non-hydrogen) atoms. The number of fused-ring (bicyclic) bond motifs is 3. The van der Waals surface area contributed by atoms with E-state index < -0.39 is 11.9 Å². The Morgan fingerprint density at radius 2 is 1.94 bits per heavy atom. The van der Waals surface area contributed by atoms with Crippen molar-refractivity contribution in [1.82, 2.24) is 24.7 Å². The molecule has 2 bridgehead atoms. The zero-order valence-electron chi connectivity index (χ0n) is 18.3. The highest BCUT2D eigenvalue weighted by atomic mass is 35.5. The first-order chi connectivity index (χ1) is 16.0. The van der Waals surface area contributed by atoms with Crippen LogP contribution >= 0.6 is 11.6 Å². The molecule has 2 aliphatic heterocycles. The van der Waals surface area contributed by atoms with Gasteiger partial charge in [0.1, 0.15) is 24.1 Å². The van der Waals surface area contributed by atoms with Crippen molar-refractivity contribution in [1.29, 1.82) is 0 Å². The van der Waals surface area contributed by atoms with Crippen molar-refractivity contribution in [2.75, 3.05) is 29.9 Å². The van der Waals surface area contributed by atoms with Crippen LogP contribution in [0.3, 0.4) is 0 Å². The number of ether oxygens (including phenoxy) is 1. The molecule has 3 aromatic rings. The van der Waals surface area contributed by atoms with Gasteiger partial charge in [-0.15, -0.1) is 5.10 Å². The molecule has 1 N–H and O–H groups in total. The van der Waals surface area contributed by atoms with Gasteiger partial charge < -0.3 is 15.0 Å². The van der Waals surface area contributed by atoms with Gasteiger partial charge in [-0.2, -0.15) is 4.98 Å². The molecule has 10 heteroatoms. The highest BCUT2D eigenvalue weighted by Gasteiger charge is 2.43. The third-order valence-electron chi connectivity index (χ3n) is 6.95. The van der Waals surface area contributed by atoms with Gasteiger partial charge in [-0.05, 0) is 55.4 Å². The van der Waals surface area contributed by atoms with Crippen LogP contribution in [0.2, 0.25) is 5.02 Å². The van der Waals surface area contributed by atoms with Crippen LogP contribution in [-0.4, -0.2) is 50.5 Å². The summed E-state index contributed by atoms with van der Waals surface area (Å²) in [7, 11) is 0. The molecule has 0 amide bonds. The molecule has 1 aliphatic carbocycles. The van der Waals surface area contributed by atoms with Crippen molar-refractivity contribution in [3.05, 3.63) is 58.5 Å². The minimum atomic E-state index is -0.491. The summed E-state index contributed by atoms with van der Waals surface area (Å²) in [5, 5.41) is 8.66. The normalized spacial score (nSPS) is 26.3. The van der Waals surface area contributed by atoms with Gasteiger partial charge in [0.15, 0.2) is 5.82 Å². The van der Waals surface area contributed by atoms with E-state index in [1.165, 1.54) is 25.0 Å². The van der Waals surface area contributed by atoms with E-state index in [9.17, 15) is 4.39 Å². The predicted octanol–water partition coefficient (Wildman–Crippen LogP) is 3.62. The quantitative estimate of drug-likeness (QED) is 0.625. The maximum atomic E-state index is 13.9. The third kappa shape index (κ3) is 3.93. The van der Waals surface area contributed by atoms with E-state index in [-0.39, 0.29) is 0 Å². The minimum Gasteiger partial charge on any atom is -0.364 e. The molecule has 1 unspecified atom stereocenters. The van der Waals surface area contributed by atoms with Gasteiger partial charge in [0.25, 0.3) is 0 Å². The second-order valence-corrected chi connectivity index (χ2v) is 9.60. The Morgan fingerprint density at radius 3 is 2.70 bits per heavy atom. The van der Waals surface area contributed by atoms with E-state index in [0.717, 1.165) is 24.6 Å². The van der Waals surface area contributed by atoms with Gasteiger partial charge in [0, 0.05) is 35.9 Å². The molecule has 1 saturated carbocycles. The smallest absolute Gasteiger partial charge is 0.242 e. The molecule has 6 rings (SSSR count). The maximum Gasteiger partial charge on any atom is 0.242 e. The fraction of sp³-hybridized carbons (Fsp3) is 0.478. The van der Waals surface area contributed by atoms with E-state index in [0.29, 0.717) is 53.4 Å². The fourth-order valence-corrected chi connectivity index (χ4v) is 5.72. The summed E-state index contributed by atoms with van der Waals surface area (Å²) in [4.78, 5) is 15.8. The zero-order valence-corrected chi connectivity index (χ0v) is 19.0. The van der Waals surface area contributed by atoms with Crippen molar-refractivity contribution in [3.8, 4) is 0 Å². The molecule has 0 spiro atoms. The van der Waals surface area contributed by atoms with Gasteiger partial charge in [-0.1, -0.05) is 11.6 Å². The topological polar surface area (TPSA) is 81.0 Å².